The van der Waals surface area contributed by atoms with Crippen LogP contribution in [0.25, 0.3) is 0 Å². The van der Waals surface area contributed by atoms with E-state index in [-0.39, 0.29) is 34.8 Å². The van der Waals surface area contributed by atoms with Crippen LogP contribution < -0.4 is 10.1 Å². The molecule has 1 amide bonds. The second-order valence-electron chi connectivity index (χ2n) is 6.17. The van der Waals surface area contributed by atoms with Gasteiger partial charge in [0.2, 0.25) is 5.91 Å². The van der Waals surface area contributed by atoms with Crippen molar-refractivity contribution in [3.05, 3.63) is 63.2 Å². The smallest absolute Gasteiger partial charge is 0.271 e. The van der Waals surface area contributed by atoms with Crippen LogP contribution in [0.5, 0.6) is 5.75 Å². The summed E-state index contributed by atoms with van der Waals surface area (Å²) in [4.78, 5) is 34.2. The molecule has 2 rings (SSSR count). The van der Waals surface area contributed by atoms with E-state index in [0.29, 0.717) is 17.7 Å². The van der Waals surface area contributed by atoms with E-state index in [9.17, 15) is 19.7 Å². The Labute approximate surface area is 167 Å². The third-order valence-electron chi connectivity index (χ3n) is 3.98. The Kier molecular flexibility index (Phi) is 7.95. The van der Waals surface area contributed by atoms with E-state index in [0.717, 1.165) is 19.3 Å². The maximum Gasteiger partial charge on any atom is 0.271 e. The highest BCUT2D eigenvalue weighted by atomic mass is 35.5. The number of carbonyl (C=O) groups excluding carboxylic acids is 2. The molecule has 0 bridgehead atoms. The molecule has 0 aliphatic heterocycles. The van der Waals surface area contributed by atoms with Gasteiger partial charge in [0.15, 0.2) is 12.4 Å². The summed E-state index contributed by atoms with van der Waals surface area (Å²) in [5, 5.41) is 13.6. The maximum atomic E-state index is 12.2. The van der Waals surface area contributed by atoms with Crippen LogP contribution in [0.15, 0.2) is 42.5 Å². The molecule has 0 fully saturated rings. The van der Waals surface area contributed by atoms with Crippen LogP contribution in [-0.4, -0.2) is 23.2 Å². The number of hydrogen-bond donors (Lipinski definition) is 1. The summed E-state index contributed by atoms with van der Waals surface area (Å²) < 4.78 is 5.36. The molecule has 0 saturated heterocycles. The Bertz CT molecular complexity index is 852. The van der Waals surface area contributed by atoms with Crippen molar-refractivity contribution in [1.29, 1.82) is 0 Å². The van der Waals surface area contributed by atoms with Gasteiger partial charge in [-0.05, 0) is 36.8 Å². The van der Waals surface area contributed by atoms with Crippen LogP contribution in [-0.2, 0) is 4.79 Å². The lowest BCUT2D eigenvalue weighted by atomic mass is 10.1. The highest BCUT2D eigenvalue weighted by Gasteiger charge is 2.13. The van der Waals surface area contributed by atoms with Crippen LogP contribution in [0.3, 0.4) is 0 Å². The first-order chi connectivity index (χ1) is 13.4. The molecule has 8 heteroatoms. The summed E-state index contributed by atoms with van der Waals surface area (Å²) in [7, 11) is 0. The lowest BCUT2D eigenvalue weighted by Gasteiger charge is -2.08. The fraction of sp³-hybridized carbons (Fsp3) is 0.300. The number of nitrogens with one attached hydrogen (secondary N) is 1. The van der Waals surface area contributed by atoms with Crippen molar-refractivity contribution in [3.8, 4) is 5.75 Å². The number of ether oxygens (including phenoxy) is 1. The van der Waals surface area contributed by atoms with E-state index < -0.39 is 4.92 Å². The van der Waals surface area contributed by atoms with Crippen molar-refractivity contribution < 1.29 is 19.2 Å². The average molecular weight is 405 g/mol. The molecule has 7 nitrogen and oxygen atoms in total. The molecular weight excluding hydrogens is 384 g/mol. The van der Waals surface area contributed by atoms with Crippen molar-refractivity contribution in [1.82, 2.24) is 0 Å². The number of non-ortho nitro benzene ring substituents is 1. The quantitative estimate of drug-likeness (QED) is 0.259. The van der Waals surface area contributed by atoms with Crippen LogP contribution >= 0.6 is 11.6 Å². The van der Waals surface area contributed by atoms with E-state index in [4.69, 9.17) is 16.3 Å². The number of halogens is 1. The number of rotatable bonds is 10. The minimum Gasteiger partial charge on any atom is -0.484 e. The number of anilines is 1. The number of nitro benzene ring substituents is 1. The molecule has 0 aliphatic carbocycles. The number of ketones is 1. The number of benzene rings is 2. The zero-order chi connectivity index (χ0) is 20.5. The largest absolute Gasteiger partial charge is 0.484 e. The monoisotopic (exact) mass is 404 g/mol. The molecule has 0 heterocycles. The standard InChI is InChI=1S/C20H21ClN2O5/c1-2-3-4-5-20(25)22-15-8-6-14(7-9-15)18(24)13-28-19-11-10-16(23(26)27)12-17(19)21/h6-12H,2-5,13H2,1H3,(H,22,25). The Hall–Kier alpha value is -2.93. The molecular formula is C20H21ClN2O5. The third kappa shape index (κ3) is 6.35. The SMILES string of the molecule is CCCCCC(=O)Nc1ccc(C(=O)COc2ccc([N+](=O)[O-])cc2Cl)cc1. The molecule has 0 saturated carbocycles. The third-order valence-corrected chi connectivity index (χ3v) is 4.28. The van der Waals surface area contributed by atoms with Gasteiger partial charge in [-0.15, -0.1) is 0 Å². The zero-order valence-corrected chi connectivity index (χ0v) is 16.2. The molecule has 1 N–H and O–H groups in total. The number of Topliss-reactive ketones (excluding diaryl/α,β-unsaturated/α-hetero) is 1. The Morgan fingerprint density at radius 2 is 1.86 bits per heavy atom. The summed E-state index contributed by atoms with van der Waals surface area (Å²) in [6.45, 7) is 1.81. The number of nitro groups is 1. The summed E-state index contributed by atoms with van der Waals surface area (Å²) >= 11 is 5.94. The van der Waals surface area contributed by atoms with Crippen molar-refractivity contribution in [3.63, 3.8) is 0 Å². The predicted molar refractivity (Wildman–Crippen MR) is 107 cm³/mol. The molecule has 148 valence electrons. The van der Waals surface area contributed by atoms with Gasteiger partial charge in [0.1, 0.15) is 5.75 Å². The molecule has 2 aromatic carbocycles. The normalized spacial score (nSPS) is 10.4. The minimum absolute atomic E-state index is 0.0522. The second-order valence-corrected chi connectivity index (χ2v) is 6.57. The summed E-state index contributed by atoms with van der Waals surface area (Å²) in [6, 6.07) is 10.3. The van der Waals surface area contributed by atoms with Gasteiger partial charge in [-0.1, -0.05) is 31.4 Å². The first kappa shape index (κ1) is 21.4. The van der Waals surface area contributed by atoms with Crippen molar-refractivity contribution in [2.75, 3.05) is 11.9 Å². The van der Waals surface area contributed by atoms with Crippen molar-refractivity contribution >= 4 is 34.7 Å². The van der Waals surface area contributed by atoms with Crippen LogP contribution in [0.1, 0.15) is 43.0 Å². The summed E-state index contributed by atoms with van der Waals surface area (Å²) in [5.74, 6) is -0.143. The Balaban J connectivity index is 1.89. The Morgan fingerprint density at radius 1 is 1.14 bits per heavy atom. The van der Waals surface area contributed by atoms with Gasteiger partial charge in [0.05, 0.1) is 9.95 Å². The fourth-order valence-electron chi connectivity index (χ4n) is 2.45. The van der Waals surface area contributed by atoms with Crippen molar-refractivity contribution in [2.45, 2.75) is 32.6 Å². The molecule has 0 spiro atoms. The first-order valence-electron chi connectivity index (χ1n) is 8.90. The van der Waals surface area contributed by atoms with Gasteiger partial charge in [0, 0.05) is 29.8 Å². The lowest BCUT2D eigenvalue weighted by Crippen LogP contribution is -2.13. The molecule has 0 radical (unpaired) electrons. The number of hydrogen-bond acceptors (Lipinski definition) is 5. The lowest BCUT2D eigenvalue weighted by molar-refractivity contribution is -0.384. The number of carbonyl (C=O) groups is 2. The van der Waals surface area contributed by atoms with Crippen molar-refractivity contribution in [2.24, 2.45) is 0 Å². The van der Waals surface area contributed by atoms with Gasteiger partial charge >= 0.3 is 0 Å². The van der Waals surface area contributed by atoms with E-state index in [2.05, 4.69) is 12.2 Å². The molecule has 2 aromatic rings. The van der Waals surface area contributed by atoms with Gasteiger partial charge < -0.3 is 10.1 Å². The summed E-state index contributed by atoms with van der Waals surface area (Å²) in [6.07, 6.45) is 3.39. The first-order valence-corrected chi connectivity index (χ1v) is 9.28. The van der Waals surface area contributed by atoms with Gasteiger partial charge in [-0.2, -0.15) is 0 Å². The number of nitrogens with zero attached hydrogens (tertiary/aromatic N) is 1. The van der Waals surface area contributed by atoms with Gasteiger partial charge in [-0.3, -0.25) is 19.7 Å². The highest BCUT2D eigenvalue weighted by Crippen LogP contribution is 2.28. The minimum atomic E-state index is -0.565. The molecule has 0 unspecified atom stereocenters. The number of amides is 1. The average Bonchev–Trinajstić information content (AvgIpc) is 2.67. The molecule has 0 aliphatic rings. The summed E-state index contributed by atoms with van der Waals surface area (Å²) in [5.41, 5.74) is 0.885. The fourth-order valence-corrected chi connectivity index (χ4v) is 2.67. The predicted octanol–water partition coefficient (Wildman–Crippen LogP) is 5.03. The maximum absolute atomic E-state index is 12.2. The molecule has 0 aromatic heterocycles. The molecule has 28 heavy (non-hydrogen) atoms. The van der Waals surface area contributed by atoms with Crippen LogP contribution in [0.2, 0.25) is 5.02 Å². The topological polar surface area (TPSA) is 98.5 Å². The molecule has 0 atom stereocenters. The van der Waals surface area contributed by atoms with E-state index in [1.165, 1.54) is 18.2 Å². The highest BCUT2D eigenvalue weighted by molar-refractivity contribution is 6.32. The van der Waals surface area contributed by atoms with Crippen LogP contribution in [0.4, 0.5) is 11.4 Å². The number of unbranched alkanes of at least 4 members (excludes halogenated alkanes) is 2. The van der Waals surface area contributed by atoms with Gasteiger partial charge in [0.25, 0.3) is 5.69 Å². The van der Waals surface area contributed by atoms with E-state index >= 15 is 0 Å². The zero-order valence-electron chi connectivity index (χ0n) is 15.4. The van der Waals surface area contributed by atoms with Gasteiger partial charge in [-0.25, -0.2) is 0 Å². The second kappa shape index (κ2) is 10.4. The van der Waals surface area contributed by atoms with E-state index in [1.54, 1.807) is 24.3 Å². The Morgan fingerprint density at radius 3 is 2.46 bits per heavy atom. The van der Waals surface area contributed by atoms with E-state index in [1.807, 2.05) is 0 Å². The van der Waals surface area contributed by atoms with Crippen LogP contribution in [0, 0.1) is 10.1 Å².